The highest BCUT2D eigenvalue weighted by Crippen LogP contribution is 2.28. The summed E-state index contributed by atoms with van der Waals surface area (Å²) in [6, 6.07) is 8.79. The summed E-state index contributed by atoms with van der Waals surface area (Å²) in [5.74, 6) is 0. The van der Waals surface area contributed by atoms with Gasteiger partial charge in [0.05, 0.1) is 0 Å². The van der Waals surface area contributed by atoms with Crippen LogP contribution in [0.15, 0.2) is 24.3 Å². The molecule has 1 saturated carbocycles. The van der Waals surface area contributed by atoms with Gasteiger partial charge in [-0.15, -0.1) is 0 Å². The van der Waals surface area contributed by atoms with E-state index in [0.29, 0.717) is 6.04 Å². The summed E-state index contributed by atoms with van der Waals surface area (Å²) >= 11 is 7.86. The fourth-order valence-electron chi connectivity index (χ4n) is 2.29. The van der Waals surface area contributed by atoms with E-state index >= 15 is 0 Å². The minimum absolute atomic E-state index is 0.686. The zero-order chi connectivity index (χ0) is 11.4. The summed E-state index contributed by atoms with van der Waals surface area (Å²) in [5.41, 5.74) is 1.32. The third kappa shape index (κ3) is 3.16. The van der Waals surface area contributed by atoms with Crippen LogP contribution in [-0.2, 0) is 6.54 Å². The van der Waals surface area contributed by atoms with Gasteiger partial charge in [-0.2, -0.15) is 11.8 Å². The quantitative estimate of drug-likeness (QED) is 0.880. The number of hydrogen-bond donors (Lipinski definition) is 1. The maximum atomic E-state index is 5.86. The molecule has 2 unspecified atom stereocenters. The molecule has 0 bridgehead atoms. The Morgan fingerprint density at radius 1 is 1.31 bits per heavy atom. The molecule has 16 heavy (non-hydrogen) atoms. The summed E-state index contributed by atoms with van der Waals surface area (Å²) in [6.45, 7) is 0.957. The Hall–Kier alpha value is -0.180. The molecule has 2 rings (SSSR count). The standard InChI is InChI=1S/C13H18ClNS/c1-16-13-4-2-3-12(13)15-9-10-5-7-11(14)8-6-10/h5-8,12-13,15H,2-4,9H2,1H3. The maximum absolute atomic E-state index is 5.86. The van der Waals surface area contributed by atoms with Crippen molar-refractivity contribution in [2.24, 2.45) is 0 Å². The number of hydrogen-bond acceptors (Lipinski definition) is 2. The second kappa shape index (κ2) is 5.95. The van der Waals surface area contributed by atoms with Crippen molar-refractivity contribution in [2.45, 2.75) is 37.1 Å². The van der Waals surface area contributed by atoms with E-state index < -0.39 is 0 Å². The van der Waals surface area contributed by atoms with Gasteiger partial charge in [0.15, 0.2) is 0 Å². The molecule has 88 valence electrons. The molecule has 0 aliphatic heterocycles. The van der Waals surface area contributed by atoms with E-state index in [1.54, 1.807) is 0 Å². The van der Waals surface area contributed by atoms with Crippen molar-refractivity contribution >= 4 is 23.4 Å². The van der Waals surface area contributed by atoms with E-state index in [2.05, 4.69) is 23.7 Å². The molecule has 0 saturated heterocycles. The molecule has 0 amide bonds. The van der Waals surface area contributed by atoms with Gasteiger partial charge >= 0.3 is 0 Å². The van der Waals surface area contributed by atoms with Gasteiger partial charge in [0.2, 0.25) is 0 Å². The molecular weight excluding hydrogens is 238 g/mol. The van der Waals surface area contributed by atoms with E-state index in [0.717, 1.165) is 16.8 Å². The Morgan fingerprint density at radius 3 is 2.75 bits per heavy atom. The molecule has 1 N–H and O–H groups in total. The van der Waals surface area contributed by atoms with Gasteiger partial charge in [-0.1, -0.05) is 30.2 Å². The van der Waals surface area contributed by atoms with Crippen LogP contribution in [0.3, 0.4) is 0 Å². The Morgan fingerprint density at radius 2 is 2.06 bits per heavy atom. The summed E-state index contributed by atoms with van der Waals surface area (Å²) in [5, 5.41) is 5.26. The molecule has 0 spiro atoms. The highest BCUT2D eigenvalue weighted by molar-refractivity contribution is 7.99. The van der Waals surface area contributed by atoms with E-state index in [9.17, 15) is 0 Å². The molecule has 3 heteroatoms. The predicted octanol–water partition coefficient (Wildman–Crippen LogP) is 3.71. The molecule has 0 aromatic heterocycles. The van der Waals surface area contributed by atoms with E-state index in [1.807, 2.05) is 23.9 Å². The van der Waals surface area contributed by atoms with Gasteiger partial charge in [0.1, 0.15) is 0 Å². The van der Waals surface area contributed by atoms with Crippen LogP contribution in [0.5, 0.6) is 0 Å². The summed E-state index contributed by atoms with van der Waals surface area (Å²) < 4.78 is 0. The number of thioether (sulfide) groups is 1. The second-order valence-electron chi connectivity index (χ2n) is 4.32. The third-order valence-electron chi connectivity index (χ3n) is 3.24. The molecular formula is C13H18ClNS. The number of benzene rings is 1. The Balaban J connectivity index is 1.85. The molecule has 1 aliphatic carbocycles. The predicted molar refractivity (Wildman–Crippen MR) is 73.2 cm³/mol. The first-order valence-corrected chi connectivity index (χ1v) is 7.47. The largest absolute Gasteiger partial charge is 0.309 e. The van der Waals surface area contributed by atoms with E-state index in [-0.39, 0.29) is 0 Å². The monoisotopic (exact) mass is 255 g/mol. The Labute approximate surface area is 107 Å². The molecule has 1 aromatic carbocycles. The molecule has 1 aliphatic rings. The lowest BCUT2D eigenvalue weighted by Gasteiger charge is -2.19. The Bertz CT molecular complexity index is 325. The van der Waals surface area contributed by atoms with Crippen molar-refractivity contribution < 1.29 is 0 Å². The van der Waals surface area contributed by atoms with Crippen LogP contribution in [0.1, 0.15) is 24.8 Å². The van der Waals surface area contributed by atoms with Gasteiger partial charge in [-0.05, 0) is 36.8 Å². The first kappa shape index (κ1) is 12.3. The first-order valence-electron chi connectivity index (χ1n) is 5.80. The lowest BCUT2D eigenvalue weighted by atomic mass is 10.2. The van der Waals surface area contributed by atoms with Crippen LogP contribution in [0.2, 0.25) is 5.02 Å². The van der Waals surface area contributed by atoms with Crippen LogP contribution in [0.25, 0.3) is 0 Å². The van der Waals surface area contributed by atoms with Crippen molar-refractivity contribution in [3.63, 3.8) is 0 Å². The van der Waals surface area contributed by atoms with E-state index in [1.165, 1.54) is 24.8 Å². The number of rotatable bonds is 4. The Kier molecular flexibility index (Phi) is 4.56. The van der Waals surface area contributed by atoms with Crippen LogP contribution < -0.4 is 5.32 Å². The highest BCUT2D eigenvalue weighted by atomic mass is 35.5. The minimum atomic E-state index is 0.686. The second-order valence-corrected chi connectivity index (χ2v) is 5.83. The topological polar surface area (TPSA) is 12.0 Å². The van der Waals surface area contributed by atoms with Gasteiger partial charge in [-0.3, -0.25) is 0 Å². The van der Waals surface area contributed by atoms with Gasteiger partial charge in [0, 0.05) is 22.9 Å². The third-order valence-corrected chi connectivity index (χ3v) is 4.66. The zero-order valence-corrected chi connectivity index (χ0v) is 11.2. The molecule has 0 heterocycles. The minimum Gasteiger partial charge on any atom is -0.309 e. The van der Waals surface area contributed by atoms with Crippen LogP contribution in [0, 0.1) is 0 Å². The average molecular weight is 256 g/mol. The summed E-state index contributed by atoms with van der Waals surface area (Å²) in [6.07, 6.45) is 6.26. The maximum Gasteiger partial charge on any atom is 0.0406 e. The SMILES string of the molecule is CSC1CCCC1NCc1ccc(Cl)cc1. The molecule has 2 atom stereocenters. The summed E-state index contributed by atoms with van der Waals surface area (Å²) in [4.78, 5) is 0. The fourth-order valence-corrected chi connectivity index (χ4v) is 3.38. The number of nitrogens with one attached hydrogen (secondary N) is 1. The van der Waals surface area contributed by atoms with Crippen LogP contribution >= 0.6 is 23.4 Å². The van der Waals surface area contributed by atoms with Crippen molar-refractivity contribution in [2.75, 3.05) is 6.26 Å². The van der Waals surface area contributed by atoms with Crippen molar-refractivity contribution in [1.29, 1.82) is 0 Å². The van der Waals surface area contributed by atoms with Crippen molar-refractivity contribution in [3.8, 4) is 0 Å². The lowest BCUT2D eigenvalue weighted by Crippen LogP contribution is -2.33. The van der Waals surface area contributed by atoms with Gasteiger partial charge in [0.25, 0.3) is 0 Å². The van der Waals surface area contributed by atoms with Crippen LogP contribution in [-0.4, -0.2) is 17.5 Å². The van der Waals surface area contributed by atoms with Crippen LogP contribution in [0.4, 0.5) is 0 Å². The zero-order valence-electron chi connectivity index (χ0n) is 9.58. The molecule has 1 aromatic rings. The summed E-state index contributed by atoms with van der Waals surface area (Å²) in [7, 11) is 0. The fraction of sp³-hybridized carbons (Fsp3) is 0.538. The van der Waals surface area contributed by atoms with Crippen molar-refractivity contribution in [1.82, 2.24) is 5.32 Å². The average Bonchev–Trinajstić information content (AvgIpc) is 2.76. The van der Waals surface area contributed by atoms with Gasteiger partial charge < -0.3 is 5.32 Å². The lowest BCUT2D eigenvalue weighted by molar-refractivity contribution is 0.532. The molecule has 1 nitrogen and oxygen atoms in total. The first-order chi connectivity index (χ1) is 7.79. The van der Waals surface area contributed by atoms with Gasteiger partial charge in [-0.25, -0.2) is 0 Å². The van der Waals surface area contributed by atoms with E-state index in [4.69, 9.17) is 11.6 Å². The molecule has 1 fully saturated rings. The smallest absolute Gasteiger partial charge is 0.0406 e. The number of halogens is 1. The van der Waals surface area contributed by atoms with Crippen molar-refractivity contribution in [3.05, 3.63) is 34.9 Å². The normalized spacial score (nSPS) is 24.9. The molecule has 0 radical (unpaired) electrons. The highest BCUT2D eigenvalue weighted by Gasteiger charge is 2.25.